The summed E-state index contributed by atoms with van der Waals surface area (Å²) in [4.78, 5) is 1.48. The van der Waals surface area contributed by atoms with Crippen molar-refractivity contribution in [2.45, 2.75) is 56.2 Å². The third-order valence-electron chi connectivity index (χ3n) is 3.51. The van der Waals surface area contributed by atoms with Crippen LogP contribution in [0.15, 0.2) is 23.1 Å². The van der Waals surface area contributed by atoms with E-state index >= 15 is 0 Å². The zero-order valence-corrected chi connectivity index (χ0v) is 11.9. The Labute approximate surface area is 109 Å². The number of rotatable bonds is 4. The lowest BCUT2D eigenvalue weighted by Gasteiger charge is -2.13. The van der Waals surface area contributed by atoms with Crippen LogP contribution in [0.2, 0.25) is 0 Å². The van der Waals surface area contributed by atoms with Crippen molar-refractivity contribution in [1.29, 1.82) is 0 Å². The molecule has 2 rings (SSSR count). The summed E-state index contributed by atoms with van der Waals surface area (Å²) in [6.07, 6.45) is 4.03. The van der Waals surface area contributed by atoms with Gasteiger partial charge in [-0.2, -0.15) is 0 Å². The van der Waals surface area contributed by atoms with Gasteiger partial charge in [-0.3, -0.25) is 0 Å². The zero-order valence-electron chi connectivity index (χ0n) is 11.1. The van der Waals surface area contributed by atoms with Crippen molar-refractivity contribution in [3.63, 3.8) is 0 Å². The molecule has 0 aromatic heterocycles. The Kier molecular flexibility index (Phi) is 4.52. The van der Waals surface area contributed by atoms with Gasteiger partial charge in [0.15, 0.2) is 0 Å². The molecule has 1 N–H and O–H groups in total. The molecule has 0 spiro atoms. The van der Waals surface area contributed by atoms with E-state index in [4.69, 9.17) is 0 Å². The molecule has 0 radical (unpaired) electrons. The van der Waals surface area contributed by atoms with Gasteiger partial charge >= 0.3 is 0 Å². The zero-order chi connectivity index (χ0) is 12.3. The van der Waals surface area contributed by atoms with E-state index in [9.17, 15) is 0 Å². The molecule has 0 saturated heterocycles. The lowest BCUT2D eigenvalue weighted by molar-refractivity contribution is 0.543. The van der Waals surface area contributed by atoms with E-state index in [1.54, 1.807) is 0 Å². The van der Waals surface area contributed by atoms with Crippen LogP contribution in [-0.2, 0) is 0 Å². The van der Waals surface area contributed by atoms with Gasteiger partial charge in [-0.05, 0) is 51.3 Å². The summed E-state index contributed by atoms with van der Waals surface area (Å²) in [5.74, 6) is 0. The van der Waals surface area contributed by atoms with E-state index in [1.165, 1.54) is 35.3 Å². The number of hydrogen-bond donors (Lipinski definition) is 1. The van der Waals surface area contributed by atoms with E-state index in [1.807, 2.05) is 0 Å². The molecule has 0 amide bonds. The first-order valence-corrected chi connectivity index (χ1v) is 7.54. The summed E-state index contributed by atoms with van der Waals surface area (Å²) in [7, 11) is 0. The van der Waals surface area contributed by atoms with Crippen LogP contribution in [0.1, 0.15) is 37.3 Å². The first kappa shape index (κ1) is 13.0. The molecule has 94 valence electrons. The van der Waals surface area contributed by atoms with Crippen LogP contribution in [0, 0.1) is 13.8 Å². The van der Waals surface area contributed by atoms with Crippen LogP contribution in [0.25, 0.3) is 0 Å². The lowest BCUT2D eigenvalue weighted by Crippen LogP contribution is -2.26. The topological polar surface area (TPSA) is 12.0 Å². The molecule has 1 aliphatic rings. The first-order chi connectivity index (χ1) is 8.19. The molecule has 1 aliphatic carbocycles. The predicted molar refractivity (Wildman–Crippen MR) is 76.9 cm³/mol. The fourth-order valence-corrected chi connectivity index (χ4v) is 3.98. The maximum absolute atomic E-state index is 3.57. The highest BCUT2D eigenvalue weighted by Gasteiger charge is 2.24. The molecule has 0 bridgehead atoms. The summed E-state index contributed by atoms with van der Waals surface area (Å²) in [5, 5.41) is 4.38. The molecule has 2 unspecified atom stereocenters. The van der Waals surface area contributed by atoms with Gasteiger partial charge in [0.1, 0.15) is 0 Å². The molecule has 2 heteroatoms. The number of nitrogens with one attached hydrogen (secondary N) is 1. The number of benzene rings is 1. The van der Waals surface area contributed by atoms with E-state index in [0.29, 0.717) is 0 Å². The molecule has 0 heterocycles. The van der Waals surface area contributed by atoms with Crippen molar-refractivity contribution in [1.82, 2.24) is 5.32 Å². The number of thioether (sulfide) groups is 1. The Morgan fingerprint density at radius 3 is 2.88 bits per heavy atom. The molecule has 17 heavy (non-hydrogen) atoms. The highest BCUT2D eigenvalue weighted by atomic mass is 32.2. The van der Waals surface area contributed by atoms with E-state index in [0.717, 1.165) is 17.8 Å². The molecule has 1 aromatic rings. The van der Waals surface area contributed by atoms with Crippen molar-refractivity contribution < 1.29 is 0 Å². The van der Waals surface area contributed by atoms with Crippen LogP contribution >= 0.6 is 11.8 Å². The minimum absolute atomic E-state index is 0.752. The minimum Gasteiger partial charge on any atom is -0.314 e. The average Bonchev–Trinajstić information content (AvgIpc) is 2.72. The van der Waals surface area contributed by atoms with E-state index in [-0.39, 0.29) is 0 Å². The monoisotopic (exact) mass is 249 g/mol. The van der Waals surface area contributed by atoms with Crippen molar-refractivity contribution in [3.8, 4) is 0 Å². The lowest BCUT2D eigenvalue weighted by atomic mass is 10.2. The van der Waals surface area contributed by atoms with Crippen molar-refractivity contribution in [2.75, 3.05) is 6.54 Å². The Balaban J connectivity index is 1.95. The normalized spacial score (nSPS) is 24.2. The Hall–Kier alpha value is -0.470. The summed E-state index contributed by atoms with van der Waals surface area (Å²) in [6, 6.07) is 7.53. The van der Waals surface area contributed by atoms with Crippen molar-refractivity contribution >= 4 is 11.8 Å². The third kappa shape index (κ3) is 3.49. The largest absolute Gasteiger partial charge is 0.314 e. The highest BCUT2D eigenvalue weighted by Crippen LogP contribution is 2.36. The van der Waals surface area contributed by atoms with E-state index in [2.05, 4.69) is 56.0 Å². The smallest absolute Gasteiger partial charge is 0.0110 e. The molecular formula is C15H23NS. The van der Waals surface area contributed by atoms with Gasteiger partial charge in [0, 0.05) is 16.2 Å². The summed E-state index contributed by atoms with van der Waals surface area (Å²) in [5.41, 5.74) is 2.80. The van der Waals surface area contributed by atoms with Crippen molar-refractivity contribution in [3.05, 3.63) is 29.3 Å². The first-order valence-electron chi connectivity index (χ1n) is 6.66. The van der Waals surface area contributed by atoms with Crippen LogP contribution in [0.4, 0.5) is 0 Å². The molecule has 2 atom stereocenters. The Morgan fingerprint density at radius 2 is 2.12 bits per heavy atom. The fourth-order valence-electron chi connectivity index (χ4n) is 2.54. The van der Waals surface area contributed by atoms with Crippen LogP contribution < -0.4 is 5.32 Å². The van der Waals surface area contributed by atoms with Gasteiger partial charge in [0.25, 0.3) is 0 Å². The second kappa shape index (κ2) is 5.92. The van der Waals surface area contributed by atoms with Gasteiger partial charge < -0.3 is 5.32 Å². The summed E-state index contributed by atoms with van der Waals surface area (Å²) >= 11 is 2.08. The maximum Gasteiger partial charge on any atom is 0.0110 e. The SMILES string of the molecule is CCNC1CCC(Sc2cc(C)ccc2C)C1. The minimum atomic E-state index is 0.752. The van der Waals surface area contributed by atoms with Crippen molar-refractivity contribution in [2.24, 2.45) is 0 Å². The van der Waals surface area contributed by atoms with Gasteiger partial charge in [-0.15, -0.1) is 11.8 Å². The van der Waals surface area contributed by atoms with Gasteiger partial charge in [-0.25, -0.2) is 0 Å². The third-order valence-corrected chi connectivity index (χ3v) is 4.97. The standard InChI is InChI=1S/C15H23NS/c1-4-16-13-7-8-14(10-13)17-15-9-11(2)5-6-12(15)3/h5-6,9,13-14,16H,4,7-8,10H2,1-3H3. The van der Waals surface area contributed by atoms with Crippen LogP contribution in [-0.4, -0.2) is 17.8 Å². The molecule has 1 saturated carbocycles. The highest BCUT2D eigenvalue weighted by molar-refractivity contribution is 8.00. The molecular weight excluding hydrogens is 226 g/mol. The average molecular weight is 249 g/mol. The molecule has 0 aliphatic heterocycles. The van der Waals surface area contributed by atoms with Gasteiger partial charge in [-0.1, -0.05) is 24.6 Å². The fraction of sp³-hybridized carbons (Fsp3) is 0.600. The molecule has 1 fully saturated rings. The second-order valence-electron chi connectivity index (χ2n) is 5.08. The number of aryl methyl sites for hydroxylation is 2. The van der Waals surface area contributed by atoms with E-state index < -0.39 is 0 Å². The molecule has 1 nitrogen and oxygen atoms in total. The summed E-state index contributed by atoms with van der Waals surface area (Å²) < 4.78 is 0. The quantitative estimate of drug-likeness (QED) is 0.868. The Bertz CT molecular complexity index is 375. The van der Waals surface area contributed by atoms with Crippen LogP contribution in [0.3, 0.4) is 0 Å². The Morgan fingerprint density at radius 1 is 1.29 bits per heavy atom. The van der Waals surface area contributed by atoms with Gasteiger partial charge in [0.05, 0.1) is 0 Å². The van der Waals surface area contributed by atoms with Crippen LogP contribution in [0.5, 0.6) is 0 Å². The number of hydrogen-bond acceptors (Lipinski definition) is 2. The second-order valence-corrected chi connectivity index (χ2v) is 6.42. The predicted octanol–water partition coefficient (Wildman–Crippen LogP) is 3.93. The maximum atomic E-state index is 3.57. The molecule has 1 aromatic carbocycles. The summed E-state index contributed by atoms with van der Waals surface area (Å²) in [6.45, 7) is 7.70. The van der Waals surface area contributed by atoms with Gasteiger partial charge in [0.2, 0.25) is 0 Å².